The van der Waals surface area contributed by atoms with Crippen LogP contribution in [0, 0.1) is 6.92 Å². The van der Waals surface area contributed by atoms with Gasteiger partial charge in [0.2, 0.25) is 5.82 Å². The molecule has 0 radical (unpaired) electrons. The lowest BCUT2D eigenvalue weighted by molar-refractivity contribution is -0.137. The van der Waals surface area contributed by atoms with Crippen LogP contribution in [-0.2, 0) is 6.18 Å². The van der Waals surface area contributed by atoms with Gasteiger partial charge in [0.05, 0.1) is 11.6 Å². The van der Waals surface area contributed by atoms with E-state index in [0.29, 0.717) is 5.56 Å². The standard InChI is InChI=1S/C16H14F3N5O/c1-9-6-7-20-15-22-13(23-24(9)15)14(25)21-10(2)11-4-3-5-12(8-11)16(17,18)19/h3-8,10H,1-2H3,(H,21,25). The largest absolute Gasteiger partial charge is 0.416 e. The molecule has 0 aliphatic rings. The van der Waals surface area contributed by atoms with Gasteiger partial charge in [-0.25, -0.2) is 9.50 Å². The van der Waals surface area contributed by atoms with Gasteiger partial charge in [-0.1, -0.05) is 12.1 Å². The van der Waals surface area contributed by atoms with E-state index >= 15 is 0 Å². The van der Waals surface area contributed by atoms with Crippen LogP contribution >= 0.6 is 0 Å². The molecule has 1 amide bonds. The van der Waals surface area contributed by atoms with E-state index in [1.807, 2.05) is 0 Å². The third-order valence-electron chi connectivity index (χ3n) is 3.69. The molecule has 1 aromatic carbocycles. The molecule has 130 valence electrons. The summed E-state index contributed by atoms with van der Waals surface area (Å²) in [5.41, 5.74) is 0.320. The zero-order valence-electron chi connectivity index (χ0n) is 13.4. The number of amides is 1. The molecule has 9 heteroatoms. The van der Waals surface area contributed by atoms with Crippen LogP contribution in [0.2, 0.25) is 0 Å². The highest BCUT2D eigenvalue weighted by molar-refractivity contribution is 5.91. The Bertz CT molecular complexity index is 935. The van der Waals surface area contributed by atoms with Gasteiger partial charge in [0, 0.05) is 11.9 Å². The average molecular weight is 349 g/mol. The van der Waals surface area contributed by atoms with Crippen molar-refractivity contribution in [3.8, 4) is 0 Å². The van der Waals surface area contributed by atoms with Gasteiger partial charge in [0.1, 0.15) is 0 Å². The van der Waals surface area contributed by atoms with E-state index in [9.17, 15) is 18.0 Å². The number of carbonyl (C=O) groups excluding carboxylic acids is 1. The number of aromatic nitrogens is 4. The molecule has 3 rings (SSSR count). The fourth-order valence-electron chi connectivity index (χ4n) is 2.33. The molecule has 2 aromatic heterocycles. The zero-order chi connectivity index (χ0) is 18.2. The van der Waals surface area contributed by atoms with Crippen molar-refractivity contribution in [1.82, 2.24) is 24.9 Å². The predicted molar refractivity (Wildman–Crippen MR) is 82.8 cm³/mol. The molecule has 2 heterocycles. The summed E-state index contributed by atoms with van der Waals surface area (Å²) in [5, 5.41) is 6.67. The fraction of sp³-hybridized carbons (Fsp3) is 0.250. The van der Waals surface area contributed by atoms with Gasteiger partial charge in [0.25, 0.3) is 11.7 Å². The van der Waals surface area contributed by atoms with Crippen molar-refractivity contribution in [2.75, 3.05) is 0 Å². The predicted octanol–water partition coefficient (Wildman–Crippen LogP) is 2.94. The molecule has 1 N–H and O–H groups in total. The Hall–Kier alpha value is -2.97. The summed E-state index contributed by atoms with van der Waals surface area (Å²) in [6.45, 7) is 3.38. The van der Waals surface area contributed by atoms with Gasteiger partial charge < -0.3 is 5.32 Å². The van der Waals surface area contributed by atoms with Gasteiger partial charge in [-0.3, -0.25) is 4.79 Å². The quantitative estimate of drug-likeness (QED) is 0.789. The van der Waals surface area contributed by atoms with E-state index in [1.54, 1.807) is 26.1 Å². The fourth-order valence-corrected chi connectivity index (χ4v) is 2.33. The topological polar surface area (TPSA) is 72.2 Å². The van der Waals surface area contributed by atoms with Crippen LogP contribution in [0.25, 0.3) is 5.78 Å². The van der Waals surface area contributed by atoms with Gasteiger partial charge in [-0.2, -0.15) is 18.2 Å². The molecule has 6 nitrogen and oxygen atoms in total. The van der Waals surface area contributed by atoms with E-state index < -0.39 is 23.7 Å². The second-order valence-electron chi connectivity index (χ2n) is 5.55. The first kappa shape index (κ1) is 16.9. The Balaban J connectivity index is 1.81. The second-order valence-corrected chi connectivity index (χ2v) is 5.55. The smallest absolute Gasteiger partial charge is 0.343 e. The van der Waals surface area contributed by atoms with Crippen LogP contribution in [-0.4, -0.2) is 25.5 Å². The second kappa shape index (κ2) is 6.15. The minimum Gasteiger partial charge on any atom is -0.343 e. The number of alkyl halides is 3. The molecule has 25 heavy (non-hydrogen) atoms. The highest BCUT2D eigenvalue weighted by Crippen LogP contribution is 2.30. The van der Waals surface area contributed by atoms with Crippen molar-refractivity contribution >= 4 is 11.7 Å². The highest BCUT2D eigenvalue weighted by atomic mass is 19.4. The van der Waals surface area contributed by atoms with Gasteiger partial charge >= 0.3 is 6.18 Å². The number of hydrogen-bond acceptors (Lipinski definition) is 4. The first-order chi connectivity index (χ1) is 11.8. The number of nitrogens with zero attached hydrogens (tertiary/aromatic N) is 4. The summed E-state index contributed by atoms with van der Waals surface area (Å²) in [7, 11) is 0. The van der Waals surface area contributed by atoms with E-state index in [0.717, 1.165) is 17.8 Å². The molecule has 0 saturated heterocycles. The number of aryl methyl sites for hydroxylation is 1. The Kier molecular flexibility index (Phi) is 4.15. The maximum atomic E-state index is 12.8. The molecule has 0 fully saturated rings. The Morgan fingerprint density at radius 2 is 2.04 bits per heavy atom. The molecular weight excluding hydrogens is 335 g/mol. The van der Waals surface area contributed by atoms with Crippen LogP contribution < -0.4 is 5.32 Å². The summed E-state index contributed by atoms with van der Waals surface area (Å²) >= 11 is 0. The van der Waals surface area contributed by atoms with Crippen LogP contribution in [0.5, 0.6) is 0 Å². The number of nitrogens with one attached hydrogen (secondary N) is 1. The van der Waals surface area contributed by atoms with Crippen molar-refractivity contribution in [2.24, 2.45) is 0 Å². The lowest BCUT2D eigenvalue weighted by Crippen LogP contribution is -2.28. The maximum absolute atomic E-state index is 12.8. The van der Waals surface area contributed by atoms with Crippen molar-refractivity contribution in [3.63, 3.8) is 0 Å². The van der Waals surface area contributed by atoms with Crippen LogP contribution in [0.4, 0.5) is 13.2 Å². The first-order valence-corrected chi connectivity index (χ1v) is 7.42. The summed E-state index contributed by atoms with van der Waals surface area (Å²) in [4.78, 5) is 20.3. The van der Waals surface area contributed by atoms with E-state index in [1.165, 1.54) is 16.6 Å². The van der Waals surface area contributed by atoms with E-state index in [-0.39, 0.29) is 11.6 Å². The summed E-state index contributed by atoms with van der Waals surface area (Å²) in [5.74, 6) is -0.410. The molecule has 0 saturated carbocycles. The molecular formula is C16H14F3N5O. The van der Waals surface area contributed by atoms with Crippen molar-refractivity contribution in [3.05, 3.63) is 59.2 Å². The first-order valence-electron chi connectivity index (χ1n) is 7.42. The molecule has 0 spiro atoms. The third-order valence-corrected chi connectivity index (χ3v) is 3.69. The molecule has 0 bridgehead atoms. The van der Waals surface area contributed by atoms with Crippen molar-refractivity contribution in [1.29, 1.82) is 0 Å². The summed E-state index contributed by atoms with van der Waals surface area (Å²) in [6, 6.07) is 5.88. The molecule has 1 unspecified atom stereocenters. The Morgan fingerprint density at radius 1 is 1.28 bits per heavy atom. The molecule has 0 aliphatic heterocycles. The van der Waals surface area contributed by atoms with Crippen LogP contribution in [0.1, 0.15) is 40.4 Å². The van der Waals surface area contributed by atoms with E-state index in [2.05, 4.69) is 20.4 Å². The lowest BCUT2D eigenvalue weighted by atomic mass is 10.0. The zero-order valence-corrected chi connectivity index (χ0v) is 13.4. The van der Waals surface area contributed by atoms with Gasteiger partial charge in [-0.15, -0.1) is 5.10 Å². The third kappa shape index (κ3) is 3.44. The monoisotopic (exact) mass is 349 g/mol. The number of fused-ring (bicyclic) bond motifs is 1. The average Bonchev–Trinajstić information content (AvgIpc) is 3.00. The maximum Gasteiger partial charge on any atom is 0.416 e. The molecule has 1 atom stereocenters. The van der Waals surface area contributed by atoms with Gasteiger partial charge in [0.15, 0.2) is 0 Å². The van der Waals surface area contributed by atoms with Crippen molar-refractivity contribution < 1.29 is 18.0 Å². The minimum atomic E-state index is -4.44. The summed E-state index contributed by atoms with van der Waals surface area (Å²) in [6.07, 6.45) is -2.89. The van der Waals surface area contributed by atoms with Crippen LogP contribution in [0.15, 0.2) is 36.5 Å². The van der Waals surface area contributed by atoms with Crippen molar-refractivity contribution in [2.45, 2.75) is 26.1 Å². The number of rotatable bonds is 3. The number of halogens is 3. The Morgan fingerprint density at radius 3 is 2.72 bits per heavy atom. The molecule has 3 aromatic rings. The number of benzene rings is 1. The van der Waals surface area contributed by atoms with E-state index in [4.69, 9.17) is 0 Å². The number of hydrogen-bond donors (Lipinski definition) is 1. The summed E-state index contributed by atoms with van der Waals surface area (Å²) < 4.78 is 39.8. The lowest BCUT2D eigenvalue weighted by Gasteiger charge is -2.15. The Labute approximate surface area is 140 Å². The number of carbonyl (C=O) groups is 1. The molecule has 0 aliphatic carbocycles. The van der Waals surface area contributed by atoms with Gasteiger partial charge in [-0.05, 0) is 37.6 Å². The normalized spacial score (nSPS) is 13.0. The van der Waals surface area contributed by atoms with Crippen LogP contribution in [0.3, 0.4) is 0 Å². The SMILES string of the molecule is Cc1ccnc2nc(C(=O)NC(C)c3cccc(C(F)(F)F)c3)nn12. The highest BCUT2D eigenvalue weighted by Gasteiger charge is 2.30. The minimum absolute atomic E-state index is 0.0966.